The molecular formula is C14H15ClN2O4. The number of hydrogen-bond acceptors (Lipinski definition) is 5. The summed E-state index contributed by atoms with van der Waals surface area (Å²) in [7, 11) is 4.41. The molecule has 21 heavy (non-hydrogen) atoms. The van der Waals surface area contributed by atoms with Crippen molar-refractivity contribution in [1.29, 1.82) is 0 Å². The number of ether oxygens (including phenoxy) is 2. The number of halogens is 1. The molecule has 2 rings (SSSR count). The van der Waals surface area contributed by atoms with E-state index in [1.54, 1.807) is 25.5 Å². The summed E-state index contributed by atoms with van der Waals surface area (Å²) < 4.78 is 11.5. The third-order valence-electron chi connectivity index (χ3n) is 3.31. The van der Waals surface area contributed by atoms with Gasteiger partial charge in [0.2, 0.25) is 0 Å². The number of aryl methyl sites for hydroxylation is 1. The van der Waals surface area contributed by atoms with Crippen LogP contribution in [0.4, 0.5) is 0 Å². The van der Waals surface area contributed by atoms with Crippen molar-refractivity contribution < 1.29 is 14.3 Å². The zero-order valence-corrected chi connectivity index (χ0v) is 12.6. The van der Waals surface area contributed by atoms with Crippen LogP contribution in [-0.4, -0.2) is 37.1 Å². The highest BCUT2D eigenvalue weighted by molar-refractivity contribution is 6.30. The number of esters is 1. The molecule has 0 fully saturated rings. The number of carbonyl (C=O) groups excluding carboxylic acids is 1. The number of pyridine rings is 1. The summed E-state index contributed by atoms with van der Waals surface area (Å²) in [5.74, 6) is -0.912. The van der Waals surface area contributed by atoms with E-state index in [0.717, 1.165) is 0 Å². The molecule has 0 N–H and O–H groups in total. The van der Waals surface area contributed by atoms with Crippen LogP contribution >= 0.6 is 11.6 Å². The molecule has 1 aromatic rings. The smallest absolute Gasteiger partial charge is 0.338 e. The minimum absolute atomic E-state index is 0.198. The molecule has 0 radical (unpaired) electrons. The number of carbonyl (C=O) groups is 1. The Kier molecular flexibility index (Phi) is 4.59. The summed E-state index contributed by atoms with van der Waals surface area (Å²) in [6, 6.07) is 1.25. The molecule has 2 heterocycles. The van der Waals surface area contributed by atoms with Gasteiger partial charge in [-0.25, -0.2) is 9.79 Å². The lowest BCUT2D eigenvalue weighted by Crippen LogP contribution is -2.28. The lowest BCUT2D eigenvalue weighted by Gasteiger charge is -2.25. The second kappa shape index (κ2) is 6.24. The molecule has 0 aromatic carbocycles. The van der Waals surface area contributed by atoms with Crippen LogP contribution < -0.4 is 5.56 Å². The van der Waals surface area contributed by atoms with Crippen molar-refractivity contribution >= 4 is 23.8 Å². The highest BCUT2D eigenvalue weighted by atomic mass is 35.5. The molecule has 0 saturated carbocycles. The van der Waals surface area contributed by atoms with E-state index in [-0.39, 0.29) is 23.1 Å². The van der Waals surface area contributed by atoms with Crippen LogP contribution in [0.1, 0.15) is 21.8 Å². The SMILES string of the molecule is COC(=O)c1cc(=O)n(C)cc1C1C=C(Cl)N=CC1OC. The molecule has 0 aliphatic carbocycles. The lowest BCUT2D eigenvalue weighted by atomic mass is 9.90. The summed E-state index contributed by atoms with van der Waals surface area (Å²) in [6.07, 6.45) is 4.46. The van der Waals surface area contributed by atoms with Crippen LogP contribution in [0.2, 0.25) is 0 Å². The van der Waals surface area contributed by atoms with E-state index in [1.165, 1.54) is 24.9 Å². The molecule has 6 nitrogen and oxygen atoms in total. The molecule has 1 aromatic heterocycles. The van der Waals surface area contributed by atoms with Gasteiger partial charge in [-0.3, -0.25) is 4.79 Å². The topological polar surface area (TPSA) is 69.9 Å². The standard InChI is InChI=1S/C14H15ClN2O4/c1-17-7-10(9(5-13(17)18)14(19)21-3)8-4-12(15)16-6-11(8)20-2/h4-8,11H,1-3H3. The first-order valence-electron chi connectivity index (χ1n) is 6.21. The van der Waals surface area contributed by atoms with E-state index in [1.807, 2.05) is 0 Å². The average Bonchev–Trinajstić information content (AvgIpc) is 2.48. The van der Waals surface area contributed by atoms with Crippen molar-refractivity contribution in [2.75, 3.05) is 14.2 Å². The third kappa shape index (κ3) is 3.06. The molecule has 2 unspecified atom stereocenters. The summed E-state index contributed by atoms with van der Waals surface area (Å²) in [5, 5.41) is 0.304. The first-order chi connectivity index (χ1) is 9.97. The van der Waals surface area contributed by atoms with Crippen molar-refractivity contribution in [2.45, 2.75) is 12.0 Å². The van der Waals surface area contributed by atoms with Crippen LogP contribution in [0.5, 0.6) is 0 Å². The third-order valence-corrected chi connectivity index (χ3v) is 3.54. The van der Waals surface area contributed by atoms with Gasteiger partial charge in [0.1, 0.15) is 11.3 Å². The van der Waals surface area contributed by atoms with Gasteiger partial charge in [0, 0.05) is 38.6 Å². The van der Waals surface area contributed by atoms with Crippen molar-refractivity contribution in [3.8, 4) is 0 Å². The summed E-state index contributed by atoms with van der Waals surface area (Å²) in [6.45, 7) is 0. The molecular weight excluding hydrogens is 296 g/mol. The van der Waals surface area contributed by atoms with Crippen LogP contribution in [0, 0.1) is 0 Å². The Bertz CT molecular complexity index is 678. The summed E-state index contributed by atoms with van der Waals surface area (Å²) in [5.41, 5.74) is 0.497. The van der Waals surface area contributed by atoms with Crippen LogP contribution in [0.3, 0.4) is 0 Å². The normalized spacial score (nSPS) is 21.0. The Labute approximate surface area is 126 Å². The van der Waals surface area contributed by atoms with E-state index in [2.05, 4.69) is 4.99 Å². The Morgan fingerprint density at radius 2 is 2.14 bits per heavy atom. The second-order valence-corrected chi connectivity index (χ2v) is 4.96. The van der Waals surface area contributed by atoms with Gasteiger partial charge in [-0.15, -0.1) is 0 Å². The zero-order valence-electron chi connectivity index (χ0n) is 11.9. The van der Waals surface area contributed by atoms with E-state index < -0.39 is 5.97 Å². The first kappa shape index (κ1) is 15.5. The largest absolute Gasteiger partial charge is 0.465 e. The monoisotopic (exact) mass is 310 g/mol. The van der Waals surface area contributed by atoms with Crippen molar-refractivity contribution in [3.63, 3.8) is 0 Å². The fourth-order valence-corrected chi connectivity index (χ4v) is 2.39. The Morgan fingerprint density at radius 1 is 1.43 bits per heavy atom. The molecule has 0 saturated heterocycles. The second-order valence-electron chi connectivity index (χ2n) is 4.58. The van der Waals surface area contributed by atoms with Gasteiger partial charge in [-0.2, -0.15) is 0 Å². The number of nitrogens with zero attached hydrogens (tertiary/aromatic N) is 2. The van der Waals surface area contributed by atoms with Gasteiger partial charge in [0.25, 0.3) is 5.56 Å². The van der Waals surface area contributed by atoms with Gasteiger partial charge in [0.15, 0.2) is 0 Å². The van der Waals surface area contributed by atoms with Crippen molar-refractivity contribution in [2.24, 2.45) is 12.0 Å². The molecule has 1 aliphatic rings. The van der Waals surface area contributed by atoms with Gasteiger partial charge in [-0.1, -0.05) is 11.6 Å². The predicted molar refractivity (Wildman–Crippen MR) is 79.0 cm³/mol. The van der Waals surface area contributed by atoms with Crippen LogP contribution in [-0.2, 0) is 16.5 Å². The van der Waals surface area contributed by atoms with Gasteiger partial charge >= 0.3 is 5.97 Å². The highest BCUT2D eigenvalue weighted by Crippen LogP contribution is 2.30. The quantitative estimate of drug-likeness (QED) is 0.625. The molecule has 0 bridgehead atoms. The van der Waals surface area contributed by atoms with E-state index in [0.29, 0.717) is 10.7 Å². The van der Waals surface area contributed by atoms with Crippen molar-refractivity contribution in [3.05, 3.63) is 45.0 Å². The maximum absolute atomic E-state index is 11.9. The number of aliphatic imine (C=N–C) groups is 1. The van der Waals surface area contributed by atoms with Crippen molar-refractivity contribution in [1.82, 2.24) is 4.57 Å². The van der Waals surface area contributed by atoms with E-state index in [9.17, 15) is 9.59 Å². The fraction of sp³-hybridized carbons (Fsp3) is 0.357. The van der Waals surface area contributed by atoms with Crippen LogP contribution in [0.25, 0.3) is 0 Å². The first-order valence-corrected chi connectivity index (χ1v) is 6.59. The Hall–Kier alpha value is -1.92. The molecule has 0 amide bonds. The van der Waals surface area contributed by atoms with E-state index >= 15 is 0 Å². The fourth-order valence-electron chi connectivity index (χ4n) is 2.20. The van der Waals surface area contributed by atoms with E-state index in [4.69, 9.17) is 21.1 Å². The Balaban J connectivity index is 2.61. The minimum Gasteiger partial charge on any atom is -0.465 e. The molecule has 2 atom stereocenters. The van der Waals surface area contributed by atoms with Gasteiger partial charge in [-0.05, 0) is 11.6 Å². The summed E-state index contributed by atoms with van der Waals surface area (Å²) >= 11 is 5.94. The lowest BCUT2D eigenvalue weighted by molar-refractivity contribution is 0.0597. The molecule has 7 heteroatoms. The molecule has 1 aliphatic heterocycles. The number of methoxy groups -OCH3 is 2. The number of hydrogen-bond donors (Lipinski definition) is 0. The minimum atomic E-state index is -0.579. The molecule has 112 valence electrons. The van der Waals surface area contributed by atoms with Crippen LogP contribution in [0.15, 0.2) is 33.3 Å². The maximum atomic E-state index is 11.9. The zero-order chi connectivity index (χ0) is 15.6. The predicted octanol–water partition coefficient (Wildman–Crippen LogP) is 1.44. The number of rotatable bonds is 3. The highest BCUT2D eigenvalue weighted by Gasteiger charge is 2.28. The summed E-state index contributed by atoms with van der Waals surface area (Å²) in [4.78, 5) is 27.7. The molecule has 0 spiro atoms. The van der Waals surface area contributed by atoms with Gasteiger partial charge < -0.3 is 14.0 Å². The number of aromatic nitrogens is 1. The van der Waals surface area contributed by atoms with Gasteiger partial charge in [0.05, 0.1) is 12.7 Å². The Morgan fingerprint density at radius 3 is 2.76 bits per heavy atom. The average molecular weight is 311 g/mol. The maximum Gasteiger partial charge on any atom is 0.338 e.